The van der Waals surface area contributed by atoms with Gasteiger partial charge in [-0.3, -0.25) is 4.68 Å². The van der Waals surface area contributed by atoms with Gasteiger partial charge in [0.2, 0.25) is 0 Å². The minimum Gasteiger partial charge on any atom is -0.302 e. The van der Waals surface area contributed by atoms with Gasteiger partial charge in [-0.25, -0.2) is 9.97 Å². The van der Waals surface area contributed by atoms with Crippen LogP contribution in [0.2, 0.25) is 0 Å². The molecule has 0 aromatic carbocycles. The third kappa shape index (κ3) is 1.94. The lowest BCUT2D eigenvalue weighted by molar-refractivity contribution is 0.604. The molecule has 7 heteroatoms. The summed E-state index contributed by atoms with van der Waals surface area (Å²) in [5, 5.41) is 7.58. The van der Waals surface area contributed by atoms with Crippen molar-refractivity contribution >= 4 is 34.1 Å². The number of alkyl halides is 1. The lowest BCUT2D eigenvalue weighted by atomic mass is 10.3. The highest BCUT2D eigenvalue weighted by molar-refractivity contribution is 7.09. The van der Waals surface area contributed by atoms with Gasteiger partial charge < -0.3 is 4.57 Å². The van der Waals surface area contributed by atoms with Gasteiger partial charge in [0.15, 0.2) is 5.65 Å². The average molecular weight is 310 g/mol. The summed E-state index contributed by atoms with van der Waals surface area (Å²) in [6.45, 7) is 4.21. The van der Waals surface area contributed by atoms with E-state index in [4.69, 9.17) is 11.6 Å². The van der Waals surface area contributed by atoms with Gasteiger partial charge in [-0.15, -0.1) is 22.9 Å². The molecule has 0 aliphatic rings. The largest absolute Gasteiger partial charge is 0.302 e. The van der Waals surface area contributed by atoms with Crippen molar-refractivity contribution in [1.82, 2.24) is 24.3 Å². The zero-order valence-electron chi connectivity index (χ0n) is 11.7. The van der Waals surface area contributed by atoms with Crippen LogP contribution in [0.1, 0.15) is 36.4 Å². The van der Waals surface area contributed by atoms with Crippen molar-refractivity contribution in [3.63, 3.8) is 0 Å². The Morgan fingerprint density at radius 3 is 2.85 bits per heavy atom. The fourth-order valence-corrected chi connectivity index (χ4v) is 3.41. The number of nitrogens with zero attached hydrogens (tertiary/aromatic N) is 5. The molecule has 3 rings (SSSR count). The number of hydrogen-bond acceptors (Lipinski definition) is 4. The Bertz CT molecular complexity index is 728. The summed E-state index contributed by atoms with van der Waals surface area (Å²) < 4.78 is 4.04. The van der Waals surface area contributed by atoms with Gasteiger partial charge in [0.1, 0.15) is 16.3 Å². The molecule has 0 amide bonds. The lowest BCUT2D eigenvalue weighted by Crippen LogP contribution is -2.12. The molecule has 3 aromatic rings. The minimum atomic E-state index is 0.105. The first kappa shape index (κ1) is 13.6. The van der Waals surface area contributed by atoms with Crippen LogP contribution in [0.25, 0.3) is 11.2 Å². The van der Waals surface area contributed by atoms with Gasteiger partial charge in [-0.05, 0) is 13.3 Å². The number of aromatic nitrogens is 5. The van der Waals surface area contributed by atoms with Crippen LogP contribution in [-0.4, -0.2) is 24.3 Å². The molecular formula is C13H16ClN5S. The second-order valence-corrected chi connectivity index (χ2v) is 5.87. The molecule has 3 aromatic heterocycles. The van der Waals surface area contributed by atoms with Crippen molar-refractivity contribution in [1.29, 1.82) is 0 Å². The van der Waals surface area contributed by atoms with Crippen LogP contribution < -0.4 is 0 Å². The normalized spacial score (nSPS) is 13.2. The maximum Gasteiger partial charge on any atom is 0.159 e. The summed E-state index contributed by atoms with van der Waals surface area (Å²) in [4.78, 5) is 9.09. The summed E-state index contributed by atoms with van der Waals surface area (Å²) in [5.41, 5.74) is 2.98. The molecule has 0 bridgehead atoms. The quantitative estimate of drug-likeness (QED) is 0.696. The van der Waals surface area contributed by atoms with Gasteiger partial charge in [0.05, 0.1) is 17.6 Å². The van der Waals surface area contributed by atoms with Crippen LogP contribution >= 0.6 is 22.9 Å². The first-order chi connectivity index (χ1) is 9.67. The number of imidazole rings is 1. The van der Waals surface area contributed by atoms with E-state index in [0.29, 0.717) is 5.88 Å². The van der Waals surface area contributed by atoms with Gasteiger partial charge in [-0.2, -0.15) is 5.10 Å². The smallest absolute Gasteiger partial charge is 0.159 e. The van der Waals surface area contributed by atoms with E-state index in [-0.39, 0.29) is 6.04 Å². The summed E-state index contributed by atoms with van der Waals surface area (Å²) in [5.74, 6) is 1.25. The average Bonchev–Trinajstić information content (AvgIpc) is 3.14. The van der Waals surface area contributed by atoms with Crippen molar-refractivity contribution in [2.45, 2.75) is 32.2 Å². The van der Waals surface area contributed by atoms with Crippen molar-refractivity contribution in [2.75, 3.05) is 0 Å². The molecular weight excluding hydrogens is 294 g/mol. The van der Waals surface area contributed by atoms with Crippen molar-refractivity contribution in [3.8, 4) is 0 Å². The van der Waals surface area contributed by atoms with E-state index in [1.807, 2.05) is 23.3 Å². The molecule has 0 N–H and O–H groups in total. The van der Waals surface area contributed by atoms with Crippen molar-refractivity contribution < 1.29 is 0 Å². The van der Waals surface area contributed by atoms with Gasteiger partial charge >= 0.3 is 0 Å². The number of aryl methyl sites for hydroxylation is 2. The SMILES string of the molecule is CCc1nn(C)c2c1nc(CCl)n2C(C)c1nccs1. The van der Waals surface area contributed by atoms with Crippen LogP contribution in [0.4, 0.5) is 0 Å². The molecule has 1 atom stereocenters. The molecule has 0 saturated carbocycles. The molecule has 0 aliphatic heterocycles. The van der Waals surface area contributed by atoms with E-state index in [1.165, 1.54) is 0 Å². The molecule has 3 heterocycles. The standard InChI is InChI=1S/C13H16ClN5S/c1-4-9-11-13(18(3)17-9)19(10(7-14)16-11)8(2)12-15-5-6-20-12/h5-6,8H,4,7H2,1-3H3. The third-order valence-electron chi connectivity index (χ3n) is 3.46. The van der Waals surface area contributed by atoms with E-state index in [2.05, 4.69) is 33.5 Å². The van der Waals surface area contributed by atoms with Gasteiger partial charge in [-0.1, -0.05) is 6.92 Å². The lowest BCUT2D eigenvalue weighted by Gasteiger charge is -2.14. The fraction of sp³-hybridized carbons (Fsp3) is 0.462. The third-order valence-corrected chi connectivity index (χ3v) is 4.64. The number of rotatable bonds is 4. The van der Waals surface area contributed by atoms with Crippen LogP contribution in [0.5, 0.6) is 0 Å². The maximum absolute atomic E-state index is 6.08. The van der Waals surface area contributed by atoms with E-state index in [9.17, 15) is 0 Å². The van der Waals surface area contributed by atoms with Gasteiger partial charge in [0.25, 0.3) is 0 Å². The molecule has 106 valence electrons. The van der Waals surface area contributed by atoms with Crippen LogP contribution in [0.3, 0.4) is 0 Å². The zero-order valence-corrected chi connectivity index (χ0v) is 13.2. The van der Waals surface area contributed by atoms with Gasteiger partial charge in [0, 0.05) is 18.6 Å². The molecule has 0 fully saturated rings. The summed E-state index contributed by atoms with van der Waals surface area (Å²) >= 11 is 7.73. The number of thiazole rings is 1. The predicted molar refractivity (Wildman–Crippen MR) is 81.4 cm³/mol. The Balaban J connectivity index is 2.25. The van der Waals surface area contributed by atoms with E-state index >= 15 is 0 Å². The number of hydrogen-bond donors (Lipinski definition) is 0. The first-order valence-corrected chi connectivity index (χ1v) is 7.96. The summed E-state index contributed by atoms with van der Waals surface area (Å²) in [6, 6.07) is 0.105. The highest BCUT2D eigenvalue weighted by atomic mass is 35.5. The highest BCUT2D eigenvalue weighted by Crippen LogP contribution is 2.29. The topological polar surface area (TPSA) is 48.5 Å². The Labute approximate surface area is 126 Å². The monoisotopic (exact) mass is 309 g/mol. The summed E-state index contributed by atoms with van der Waals surface area (Å²) in [6.07, 6.45) is 2.69. The molecule has 20 heavy (non-hydrogen) atoms. The van der Waals surface area contributed by atoms with Crippen LogP contribution in [0, 0.1) is 0 Å². The van der Waals surface area contributed by atoms with Crippen LogP contribution in [-0.2, 0) is 19.3 Å². The zero-order chi connectivity index (χ0) is 14.3. The predicted octanol–water partition coefficient (Wildman–Crippen LogP) is 3.14. The first-order valence-electron chi connectivity index (χ1n) is 6.55. The van der Waals surface area contributed by atoms with Crippen molar-refractivity contribution in [3.05, 3.63) is 28.1 Å². The molecule has 0 radical (unpaired) electrons. The molecule has 1 unspecified atom stereocenters. The highest BCUT2D eigenvalue weighted by Gasteiger charge is 2.23. The van der Waals surface area contributed by atoms with E-state index < -0.39 is 0 Å². The minimum absolute atomic E-state index is 0.105. The summed E-state index contributed by atoms with van der Waals surface area (Å²) in [7, 11) is 1.95. The Morgan fingerprint density at radius 2 is 2.25 bits per heavy atom. The Morgan fingerprint density at radius 1 is 1.45 bits per heavy atom. The van der Waals surface area contributed by atoms with E-state index in [0.717, 1.165) is 34.1 Å². The Kier molecular flexibility index (Phi) is 3.52. The maximum atomic E-state index is 6.08. The second kappa shape index (κ2) is 5.18. The van der Waals surface area contributed by atoms with E-state index in [1.54, 1.807) is 11.3 Å². The Hall–Kier alpha value is -1.40. The van der Waals surface area contributed by atoms with Crippen molar-refractivity contribution in [2.24, 2.45) is 7.05 Å². The molecule has 0 spiro atoms. The second-order valence-electron chi connectivity index (χ2n) is 4.67. The van der Waals surface area contributed by atoms with Crippen LogP contribution in [0.15, 0.2) is 11.6 Å². The number of halogens is 1. The fourth-order valence-electron chi connectivity index (χ4n) is 2.54. The molecule has 0 saturated heterocycles. The molecule has 0 aliphatic carbocycles. The number of fused-ring (bicyclic) bond motifs is 1. The molecule has 5 nitrogen and oxygen atoms in total.